The number of rotatable bonds is 5. The maximum absolute atomic E-state index is 13.0. The molecule has 2 heterocycles. The Bertz CT molecular complexity index is 834. The molecule has 7 heteroatoms. The van der Waals surface area contributed by atoms with Gasteiger partial charge in [-0.25, -0.2) is 4.79 Å². The molecule has 0 bridgehead atoms. The predicted octanol–water partition coefficient (Wildman–Crippen LogP) is 4.14. The minimum absolute atomic E-state index is 0.0518. The summed E-state index contributed by atoms with van der Waals surface area (Å²) < 4.78 is 5.58. The summed E-state index contributed by atoms with van der Waals surface area (Å²) in [6.07, 6.45) is 1.48. The molecule has 1 saturated heterocycles. The fourth-order valence-electron chi connectivity index (χ4n) is 3.49. The van der Waals surface area contributed by atoms with Crippen molar-refractivity contribution in [3.05, 3.63) is 58.5 Å². The van der Waals surface area contributed by atoms with Gasteiger partial charge in [0, 0.05) is 25.2 Å². The van der Waals surface area contributed by atoms with Crippen molar-refractivity contribution in [1.82, 2.24) is 15.1 Å². The van der Waals surface area contributed by atoms with Crippen molar-refractivity contribution in [3.8, 4) is 0 Å². The molecule has 6 nitrogen and oxygen atoms in total. The first-order chi connectivity index (χ1) is 13.3. The first kappa shape index (κ1) is 20.3. The number of furan rings is 1. The van der Waals surface area contributed by atoms with E-state index in [2.05, 4.69) is 5.32 Å². The number of urea groups is 1. The first-order valence-corrected chi connectivity index (χ1v) is 9.86. The number of halogens is 1. The van der Waals surface area contributed by atoms with Crippen LogP contribution in [0.25, 0.3) is 0 Å². The Hall–Kier alpha value is -2.47. The van der Waals surface area contributed by atoms with Gasteiger partial charge in [0.25, 0.3) is 0 Å². The van der Waals surface area contributed by atoms with Crippen molar-refractivity contribution in [3.63, 3.8) is 0 Å². The SMILES string of the molecule is Cc1ccc([C@H](C)NC(=O)N2CCC[C@@H]2C(=O)N(C)Cc2ccc(Cl)cc2)o1. The van der Waals surface area contributed by atoms with Crippen molar-refractivity contribution >= 4 is 23.5 Å². The van der Waals surface area contributed by atoms with E-state index in [1.807, 2.05) is 50.2 Å². The maximum Gasteiger partial charge on any atom is 0.318 e. The van der Waals surface area contributed by atoms with Gasteiger partial charge in [-0.1, -0.05) is 23.7 Å². The third-order valence-corrected chi connectivity index (χ3v) is 5.29. The number of likely N-dealkylation sites (N-methyl/N-ethyl adjacent to an activating group) is 1. The van der Waals surface area contributed by atoms with Crippen molar-refractivity contribution in [1.29, 1.82) is 0 Å². The van der Waals surface area contributed by atoms with Crippen molar-refractivity contribution < 1.29 is 14.0 Å². The molecule has 1 N–H and O–H groups in total. The Kier molecular flexibility index (Phi) is 6.29. The fraction of sp³-hybridized carbons (Fsp3) is 0.429. The van der Waals surface area contributed by atoms with E-state index in [4.69, 9.17) is 16.0 Å². The van der Waals surface area contributed by atoms with Crippen LogP contribution in [0.5, 0.6) is 0 Å². The Morgan fingerprint density at radius 1 is 1.29 bits per heavy atom. The summed E-state index contributed by atoms with van der Waals surface area (Å²) in [6.45, 7) is 4.78. The van der Waals surface area contributed by atoms with E-state index in [-0.39, 0.29) is 18.0 Å². The number of nitrogens with one attached hydrogen (secondary N) is 1. The summed E-state index contributed by atoms with van der Waals surface area (Å²) in [5.41, 5.74) is 0.996. The Labute approximate surface area is 170 Å². The zero-order valence-electron chi connectivity index (χ0n) is 16.4. The third-order valence-electron chi connectivity index (χ3n) is 5.04. The molecular weight excluding hydrogens is 378 g/mol. The standard InChI is InChI=1S/C21H26ClN3O3/c1-14-6-11-19(28-14)15(2)23-21(27)25-12-4-5-18(25)20(26)24(3)13-16-7-9-17(22)10-8-16/h6-11,15,18H,4-5,12-13H2,1-3H3,(H,23,27)/t15-,18+/m0/s1. The Morgan fingerprint density at radius 2 is 2.00 bits per heavy atom. The number of carbonyl (C=O) groups excluding carboxylic acids is 2. The molecule has 1 aliphatic heterocycles. The molecular formula is C21H26ClN3O3. The van der Waals surface area contributed by atoms with Gasteiger partial charge in [-0.3, -0.25) is 4.79 Å². The number of aryl methyl sites for hydroxylation is 1. The highest BCUT2D eigenvalue weighted by Gasteiger charge is 2.36. The van der Waals surface area contributed by atoms with E-state index in [9.17, 15) is 9.59 Å². The van der Waals surface area contributed by atoms with Crippen LogP contribution in [0.15, 0.2) is 40.8 Å². The summed E-state index contributed by atoms with van der Waals surface area (Å²) in [7, 11) is 1.76. The number of carbonyl (C=O) groups is 2. The highest BCUT2D eigenvalue weighted by molar-refractivity contribution is 6.30. The van der Waals surface area contributed by atoms with Gasteiger partial charge in [-0.15, -0.1) is 0 Å². The molecule has 0 aliphatic carbocycles. The van der Waals surface area contributed by atoms with E-state index in [1.54, 1.807) is 16.8 Å². The summed E-state index contributed by atoms with van der Waals surface area (Å²) in [6, 6.07) is 10.2. The summed E-state index contributed by atoms with van der Waals surface area (Å²) in [5, 5.41) is 3.60. The van der Waals surface area contributed by atoms with E-state index >= 15 is 0 Å². The van der Waals surface area contributed by atoms with Gasteiger partial charge in [0.15, 0.2) is 0 Å². The molecule has 1 aromatic heterocycles. The lowest BCUT2D eigenvalue weighted by molar-refractivity contribution is -0.134. The molecule has 0 saturated carbocycles. The molecule has 1 fully saturated rings. The first-order valence-electron chi connectivity index (χ1n) is 9.48. The van der Waals surface area contributed by atoms with E-state index < -0.39 is 6.04 Å². The molecule has 150 valence electrons. The van der Waals surface area contributed by atoms with Crippen molar-refractivity contribution in [2.75, 3.05) is 13.6 Å². The molecule has 0 radical (unpaired) electrons. The number of amides is 3. The molecule has 28 heavy (non-hydrogen) atoms. The van der Waals surface area contributed by atoms with Gasteiger partial charge in [-0.05, 0) is 56.5 Å². The Morgan fingerprint density at radius 3 is 2.64 bits per heavy atom. The van der Waals surface area contributed by atoms with Gasteiger partial charge in [0.05, 0.1) is 6.04 Å². The molecule has 1 aliphatic rings. The van der Waals surface area contributed by atoms with E-state index in [1.165, 1.54) is 0 Å². The van der Waals surface area contributed by atoms with Crippen LogP contribution in [0.3, 0.4) is 0 Å². The average Bonchev–Trinajstić information content (AvgIpc) is 3.32. The third kappa shape index (κ3) is 4.68. The molecule has 2 aromatic rings. The van der Waals surface area contributed by atoms with Crippen LogP contribution in [0.1, 0.15) is 42.9 Å². The molecule has 3 amide bonds. The molecule has 0 spiro atoms. The number of nitrogens with zero attached hydrogens (tertiary/aromatic N) is 2. The van der Waals surface area contributed by atoms with Crippen LogP contribution in [-0.2, 0) is 11.3 Å². The van der Waals surface area contributed by atoms with Gasteiger partial charge >= 0.3 is 6.03 Å². The largest absolute Gasteiger partial charge is 0.464 e. The van der Waals surface area contributed by atoms with E-state index in [0.29, 0.717) is 30.3 Å². The van der Waals surface area contributed by atoms with Crippen LogP contribution in [0, 0.1) is 6.92 Å². The van der Waals surface area contributed by atoms with Crippen LogP contribution in [0.4, 0.5) is 4.79 Å². The van der Waals surface area contributed by atoms with Crippen molar-refractivity contribution in [2.24, 2.45) is 0 Å². The smallest absolute Gasteiger partial charge is 0.318 e. The van der Waals surface area contributed by atoms with Crippen LogP contribution >= 0.6 is 11.6 Å². The average molecular weight is 404 g/mol. The second kappa shape index (κ2) is 8.69. The van der Waals surface area contributed by atoms with Crippen molar-refractivity contribution in [2.45, 2.75) is 45.3 Å². The number of hydrogen-bond acceptors (Lipinski definition) is 3. The maximum atomic E-state index is 13.0. The molecule has 3 rings (SSSR count). The minimum atomic E-state index is -0.442. The van der Waals surface area contributed by atoms with Gasteiger partial charge in [0.1, 0.15) is 17.6 Å². The Balaban J connectivity index is 1.61. The second-order valence-electron chi connectivity index (χ2n) is 7.29. The van der Waals surface area contributed by atoms with Gasteiger partial charge < -0.3 is 19.5 Å². The van der Waals surface area contributed by atoms with Crippen LogP contribution in [0.2, 0.25) is 5.02 Å². The van der Waals surface area contributed by atoms with E-state index in [0.717, 1.165) is 17.7 Å². The molecule has 0 unspecified atom stereocenters. The van der Waals surface area contributed by atoms with Crippen LogP contribution < -0.4 is 5.32 Å². The highest BCUT2D eigenvalue weighted by Crippen LogP contribution is 2.22. The minimum Gasteiger partial charge on any atom is -0.464 e. The lowest BCUT2D eigenvalue weighted by atomic mass is 10.1. The van der Waals surface area contributed by atoms with Crippen LogP contribution in [-0.4, -0.2) is 41.4 Å². The molecule has 2 atom stereocenters. The topological polar surface area (TPSA) is 65.8 Å². The number of hydrogen-bond donors (Lipinski definition) is 1. The zero-order chi connectivity index (χ0) is 20.3. The molecule has 1 aromatic carbocycles. The quantitative estimate of drug-likeness (QED) is 0.816. The predicted molar refractivity (Wildman–Crippen MR) is 108 cm³/mol. The highest BCUT2D eigenvalue weighted by atomic mass is 35.5. The normalized spacial score (nSPS) is 17.4. The van der Waals surface area contributed by atoms with Gasteiger partial charge in [-0.2, -0.15) is 0 Å². The summed E-state index contributed by atoms with van der Waals surface area (Å²) >= 11 is 5.92. The lowest BCUT2D eigenvalue weighted by Gasteiger charge is -2.29. The summed E-state index contributed by atoms with van der Waals surface area (Å²) in [5.74, 6) is 1.45. The number of benzene rings is 1. The van der Waals surface area contributed by atoms with Gasteiger partial charge in [0.2, 0.25) is 5.91 Å². The monoisotopic (exact) mass is 403 g/mol. The zero-order valence-corrected chi connectivity index (χ0v) is 17.2. The fourth-order valence-corrected chi connectivity index (χ4v) is 3.61. The second-order valence-corrected chi connectivity index (χ2v) is 7.73. The summed E-state index contributed by atoms with van der Waals surface area (Å²) in [4.78, 5) is 29.0. The number of likely N-dealkylation sites (tertiary alicyclic amines) is 1. The lowest BCUT2D eigenvalue weighted by Crippen LogP contribution is -2.50.